The number of anilines is 1. The Morgan fingerprint density at radius 3 is 2.61 bits per heavy atom. The minimum atomic E-state index is -0.772. The van der Waals surface area contributed by atoms with Gasteiger partial charge in [0.2, 0.25) is 5.76 Å². The zero-order chi connectivity index (χ0) is 25.2. The fourth-order valence-corrected chi connectivity index (χ4v) is 4.50. The van der Waals surface area contributed by atoms with E-state index in [1.165, 1.54) is 11.1 Å². The highest BCUT2D eigenvalue weighted by atomic mass is 35.5. The Morgan fingerprint density at radius 1 is 1.03 bits per heavy atom. The van der Waals surface area contributed by atoms with E-state index in [2.05, 4.69) is 11.9 Å². The molecule has 0 spiro atoms. The molecule has 5 rings (SSSR count). The predicted molar refractivity (Wildman–Crippen MR) is 138 cm³/mol. The monoisotopic (exact) mass is 504 g/mol. The van der Waals surface area contributed by atoms with E-state index < -0.39 is 11.9 Å². The first-order chi connectivity index (χ1) is 17.5. The SMILES string of the molecule is CCCCOc1ccc(C2c3c(oc4ccccc4c3=O)C(=O)N2c2ccc(Cl)cn2)cc1OCC. The summed E-state index contributed by atoms with van der Waals surface area (Å²) < 4.78 is 17.8. The van der Waals surface area contributed by atoms with Crippen LogP contribution in [0.1, 0.15) is 54.4 Å². The van der Waals surface area contributed by atoms with Gasteiger partial charge in [0, 0.05) is 6.20 Å². The first-order valence-electron chi connectivity index (χ1n) is 11.9. The van der Waals surface area contributed by atoms with E-state index in [1.54, 1.807) is 36.4 Å². The number of carbonyl (C=O) groups excluding carboxylic acids is 1. The van der Waals surface area contributed by atoms with Crippen molar-refractivity contribution in [2.75, 3.05) is 18.1 Å². The Balaban J connectivity index is 1.70. The molecule has 8 heteroatoms. The molecule has 36 heavy (non-hydrogen) atoms. The molecule has 4 aromatic rings. The number of hydrogen-bond donors (Lipinski definition) is 0. The number of ether oxygens (including phenoxy) is 2. The van der Waals surface area contributed by atoms with E-state index in [9.17, 15) is 9.59 Å². The van der Waals surface area contributed by atoms with Gasteiger partial charge in [-0.2, -0.15) is 0 Å². The van der Waals surface area contributed by atoms with Crippen LogP contribution >= 0.6 is 11.6 Å². The van der Waals surface area contributed by atoms with Crippen LogP contribution in [-0.2, 0) is 0 Å². The molecule has 0 bridgehead atoms. The number of hydrogen-bond acceptors (Lipinski definition) is 6. The highest BCUT2D eigenvalue weighted by Crippen LogP contribution is 2.43. The molecule has 1 atom stereocenters. The second kappa shape index (κ2) is 10.0. The number of para-hydroxylation sites is 1. The van der Waals surface area contributed by atoms with E-state index in [0.29, 0.717) is 52.1 Å². The number of aromatic nitrogens is 1. The van der Waals surface area contributed by atoms with E-state index in [4.69, 9.17) is 25.5 Å². The van der Waals surface area contributed by atoms with E-state index >= 15 is 0 Å². The molecule has 0 N–H and O–H groups in total. The normalized spacial score (nSPS) is 14.8. The van der Waals surface area contributed by atoms with Crippen LogP contribution in [0.4, 0.5) is 5.82 Å². The van der Waals surface area contributed by atoms with Crippen molar-refractivity contribution < 1.29 is 18.7 Å². The number of rotatable bonds is 8. The van der Waals surface area contributed by atoms with Crippen LogP contribution in [0, 0.1) is 0 Å². The molecule has 184 valence electrons. The number of amides is 1. The smallest absolute Gasteiger partial charge is 0.296 e. The van der Waals surface area contributed by atoms with Crippen molar-refractivity contribution >= 4 is 34.3 Å². The van der Waals surface area contributed by atoms with E-state index in [1.807, 2.05) is 25.1 Å². The molecule has 0 radical (unpaired) electrons. The van der Waals surface area contributed by atoms with E-state index in [0.717, 1.165) is 12.8 Å². The van der Waals surface area contributed by atoms with Crippen LogP contribution in [-0.4, -0.2) is 24.1 Å². The Kier molecular flexibility index (Phi) is 6.65. The summed E-state index contributed by atoms with van der Waals surface area (Å²) in [5.41, 5.74) is 1.03. The Labute approximate surface area is 213 Å². The Bertz CT molecular complexity index is 1480. The van der Waals surface area contributed by atoms with Crippen LogP contribution in [0.25, 0.3) is 11.0 Å². The zero-order valence-corrected chi connectivity index (χ0v) is 20.7. The summed E-state index contributed by atoms with van der Waals surface area (Å²) in [6, 6.07) is 14.9. The summed E-state index contributed by atoms with van der Waals surface area (Å²) in [5.74, 6) is 1.06. The molecule has 0 aliphatic carbocycles. The largest absolute Gasteiger partial charge is 0.490 e. The summed E-state index contributed by atoms with van der Waals surface area (Å²) in [4.78, 5) is 33.2. The van der Waals surface area contributed by atoms with Gasteiger partial charge in [-0.1, -0.05) is 43.1 Å². The van der Waals surface area contributed by atoms with Crippen LogP contribution in [0.5, 0.6) is 11.5 Å². The highest BCUT2D eigenvalue weighted by Gasteiger charge is 2.44. The van der Waals surface area contributed by atoms with Gasteiger partial charge in [0.25, 0.3) is 5.91 Å². The Hall–Kier alpha value is -3.84. The van der Waals surface area contributed by atoms with Gasteiger partial charge in [-0.25, -0.2) is 4.98 Å². The van der Waals surface area contributed by atoms with Gasteiger partial charge in [-0.05, 0) is 55.3 Å². The highest BCUT2D eigenvalue weighted by molar-refractivity contribution is 6.30. The quantitative estimate of drug-likeness (QED) is 0.267. The van der Waals surface area contributed by atoms with Crippen molar-refractivity contribution in [3.8, 4) is 11.5 Å². The average Bonchev–Trinajstić information content (AvgIpc) is 3.18. The topological polar surface area (TPSA) is 81.9 Å². The minimum Gasteiger partial charge on any atom is -0.490 e. The molecule has 1 aliphatic heterocycles. The second-order valence-corrected chi connectivity index (χ2v) is 8.86. The van der Waals surface area contributed by atoms with Crippen molar-refractivity contribution in [3.63, 3.8) is 0 Å². The molecule has 0 saturated heterocycles. The van der Waals surface area contributed by atoms with Crippen molar-refractivity contribution in [3.05, 3.63) is 92.9 Å². The van der Waals surface area contributed by atoms with Gasteiger partial charge in [-0.15, -0.1) is 0 Å². The lowest BCUT2D eigenvalue weighted by molar-refractivity contribution is 0.0970. The molecule has 2 aromatic heterocycles. The second-order valence-electron chi connectivity index (χ2n) is 8.42. The molecule has 0 saturated carbocycles. The summed E-state index contributed by atoms with van der Waals surface area (Å²) >= 11 is 6.05. The summed E-state index contributed by atoms with van der Waals surface area (Å²) in [6.07, 6.45) is 3.39. The fourth-order valence-electron chi connectivity index (χ4n) is 4.39. The summed E-state index contributed by atoms with van der Waals surface area (Å²) in [7, 11) is 0. The van der Waals surface area contributed by atoms with Gasteiger partial charge in [0.1, 0.15) is 11.4 Å². The lowest BCUT2D eigenvalue weighted by atomic mass is 9.98. The van der Waals surface area contributed by atoms with Crippen LogP contribution in [0.15, 0.2) is 70.0 Å². The number of nitrogens with zero attached hydrogens (tertiary/aromatic N) is 2. The fraction of sp³-hybridized carbons (Fsp3) is 0.250. The van der Waals surface area contributed by atoms with Crippen molar-refractivity contribution in [1.82, 2.24) is 4.98 Å². The minimum absolute atomic E-state index is 0.00156. The molecule has 1 aliphatic rings. The number of pyridine rings is 1. The summed E-state index contributed by atoms with van der Waals surface area (Å²) in [6.45, 7) is 4.99. The molecule has 2 aromatic carbocycles. The first-order valence-corrected chi connectivity index (χ1v) is 12.3. The first kappa shape index (κ1) is 23.9. The van der Waals surface area contributed by atoms with Crippen molar-refractivity contribution in [1.29, 1.82) is 0 Å². The van der Waals surface area contributed by atoms with Crippen molar-refractivity contribution in [2.24, 2.45) is 0 Å². The molecular formula is C28H25ClN2O5. The number of fused-ring (bicyclic) bond motifs is 2. The van der Waals surface area contributed by atoms with Gasteiger partial charge < -0.3 is 13.9 Å². The molecule has 7 nitrogen and oxygen atoms in total. The number of unbranched alkanes of at least 4 members (excludes halogenated alkanes) is 1. The van der Waals surface area contributed by atoms with Gasteiger partial charge in [-0.3, -0.25) is 14.5 Å². The van der Waals surface area contributed by atoms with Crippen LogP contribution in [0.3, 0.4) is 0 Å². The summed E-state index contributed by atoms with van der Waals surface area (Å²) in [5, 5.41) is 0.844. The maximum atomic E-state index is 13.7. The number of carbonyl (C=O) groups is 1. The lowest BCUT2D eigenvalue weighted by Crippen LogP contribution is -2.30. The molecule has 1 amide bonds. The van der Waals surface area contributed by atoms with E-state index in [-0.39, 0.29) is 16.8 Å². The number of halogens is 1. The van der Waals surface area contributed by atoms with Gasteiger partial charge >= 0.3 is 0 Å². The number of benzene rings is 2. The third-order valence-electron chi connectivity index (χ3n) is 6.08. The van der Waals surface area contributed by atoms with Crippen LogP contribution in [0.2, 0.25) is 5.02 Å². The maximum absolute atomic E-state index is 13.7. The third kappa shape index (κ3) is 4.20. The van der Waals surface area contributed by atoms with Crippen LogP contribution < -0.4 is 19.8 Å². The maximum Gasteiger partial charge on any atom is 0.296 e. The predicted octanol–water partition coefficient (Wildman–Crippen LogP) is 6.17. The third-order valence-corrected chi connectivity index (χ3v) is 6.30. The zero-order valence-electron chi connectivity index (χ0n) is 20.0. The Morgan fingerprint density at radius 2 is 1.86 bits per heavy atom. The molecule has 0 fully saturated rings. The van der Waals surface area contributed by atoms with Gasteiger partial charge in [0.05, 0.1) is 35.2 Å². The standard InChI is InChI=1S/C28H25ClN2O5/c1-3-5-14-35-21-12-10-17(15-22(21)34-4-2)25-24-26(32)19-8-6-7-9-20(19)36-27(24)28(33)31(25)23-13-11-18(29)16-30-23/h6-13,15-16,25H,3-5,14H2,1-2H3. The molecular weight excluding hydrogens is 480 g/mol. The lowest BCUT2D eigenvalue weighted by Gasteiger charge is -2.25. The molecule has 1 unspecified atom stereocenters. The molecule has 3 heterocycles. The van der Waals surface area contributed by atoms with Gasteiger partial charge in [0.15, 0.2) is 16.9 Å². The van der Waals surface area contributed by atoms with Crippen molar-refractivity contribution in [2.45, 2.75) is 32.7 Å². The average molecular weight is 505 g/mol.